The summed E-state index contributed by atoms with van der Waals surface area (Å²) in [7, 11) is 0. The highest BCUT2D eigenvalue weighted by Gasteiger charge is 2.25. The largest absolute Gasteiger partial charge is 0.491 e. The average Bonchev–Trinajstić information content (AvgIpc) is 2.62. The fraction of sp³-hybridized carbons (Fsp3) is 0.700. The number of piperidine rings is 2. The van der Waals surface area contributed by atoms with E-state index in [1.54, 1.807) is 0 Å². The van der Waals surface area contributed by atoms with Gasteiger partial charge in [0.05, 0.1) is 12.3 Å². The van der Waals surface area contributed by atoms with E-state index in [0.29, 0.717) is 12.5 Å². The first-order valence-electron chi connectivity index (χ1n) is 9.65. The minimum atomic E-state index is 0.508. The molecule has 0 saturated carbocycles. The number of rotatable bonds is 5. The van der Waals surface area contributed by atoms with Crippen molar-refractivity contribution in [3.05, 3.63) is 18.2 Å². The predicted molar refractivity (Wildman–Crippen MR) is 102 cm³/mol. The number of ether oxygens (including phenoxy) is 1. The second kappa shape index (κ2) is 8.11. The van der Waals surface area contributed by atoms with Gasteiger partial charge in [0.2, 0.25) is 0 Å². The fourth-order valence-corrected chi connectivity index (χ4v) is 3.87. The first kappa shape index (κ1) is 17.4. The molecule has 0 aromatic heterocycles. The minimum Gasteiger partial charge on any atom is -0.491 e. The van der Waals surface area contributed by atoms with E-state index in [1.807, 2.05) is 6.07 Å². The molecule has 24 heavy (non-hydrogen) atoms. The van der Waals surface area contributed by atoms with Crippen LogP contribution in [0.2, 0.25) is 0 Å². The van der Waals surface area contributed by atoms with Gasteiger partial charge in [-0.3, -0.25) is 0 Å². The maximum Gasteiger partial charge on any atom is 0.144 e. The second-order valence-electron chi connectivity index (χ2n) is 7.74. The second-order valence-corrected chi connectivity index (χ2v) is 7.74. The molecule has 2 heterocycles. The summed E-state index contributed by atoms with van der Waals surface area (Å²) in [5, 5.41) is 0. The first-order chi connectivity index (χ1) is 11.6. The van der Waals surface area contributed by atoms with Crippen molar-refractivity contribution in [3.63, 3.8) is 0 Å². The number of anilines is 2. The Kier molecular flexibility index (Phi) is 5.88. The van der Waals surface area contributed by atoms with Gasteiger partial charge in [-0.05, 0) is 56.8 Å². The summed E-state index contributed by atoms with van der Waals surface area (Å²) in [4.78, 5) is 5.21. The third-order valence-corrected chi connectivity index (χ3v) is 5.31. The Morgan fingerprint density at radius 2 is 1.79 bits per heavy atom. The zero-order valence-corrected chi connectivity index (χ0v) is 15.3. The van der Waals surface area contributed by atoms with E-state index in [2.05, 4.69) is 35.8 Å². The third-order valence-electron chi connectivity index (χ3n) is 5.31. The molecule has 0 radical (unpaired) electrons. The molecule has 1 aromatic carbocycles. The maximum absolute atomic E-state index is 6.07. The molecular formula is C20H33N3O. The number of hydrogen-bond donors (Lipinski definition) is 1. The summed E-state index contributed by atoms with van der Waals surface area (Å²) in [6, 6.07) is 7.03. The van der Waals surface area contributed by atoms with Crippen LogP contribution in [0.4, 0.5) is 11.4 Å². The first-order valence-corrected chi connectivity index (χ1v) is 9.65. The van der Waals surface area contributed by atoms with Crippen LogP contribution in [-0.2, 0) is 0 Å². The quantitative estimate of drug-likeness (QED) is 0.834. The van der Waals surface area contributed by atoms with Gasteiger partial charge in [-0.15, -0.1) is 0 Å². The third kappa shape index (κ3) is 4.35. The summed E-state index contributed by atoms with van der Waals surface area (Å²) in [6.45, 7) is 9.91. The molecule has 2 N–H and O–H groups in total. The van der Waals surface area contributed by atoms with Crippen LogP contribution in [0.25, 0.3) is 0 Å². The summed E-state index contributed by atoms with van der Waals surface area (Å²) in [5.41, 5.74) is 8.06. The molecule has 4 heteroatoms. The molecule has 0 amide bonds. The van der Waals surface area contributed by atoms with Gasteiger partial charge in [0, 0.05) is 30.9 Å². The molecule has 4 nitrogen and oxygen atoms in total. The molecule has 3 rings (SSSR count). The van der Waals surface area contributed by atoms with Crippen LogP contribution >= 0.6 is 0 Å². The van der Waals surface area contributed by atoms with Crippen LogP contribution in [0.1, 0.15) is 46.0 Å². The van der Waals surface area contributed by atoms with Gasteiger partial charge in [0.1, 0.15) is 5.75 Å². The Labute approximate surface area is 147 Å². The standard InChI is InChI=1S/C20H33N3O/c1-16(2)15-24-20-14-18(6-7-19(20)21)23-12-8-17(9-13-23)22-10-4-3-5-11-22/h6-7,14,16-17H,3-5,8-13,15,21H2,1-2H3. The van der Waals surface area contributed by atoms with E-state index < -0.39 is 0 Å². The van der Waals surface area contributed by atoms with Crippen LogP contribution in [0.3, 0.4) is 0 Å². The summed E-state index contributed by atoms with van der Waals surface area (Å²) in [5.74, 6) is 1.34. The summed E-state index contributed by atoms with van der Waals surface area (Å²) < 4.78 is 5.89. The minimum absolute atomic E-state index is 0.508. The Bertz CT molecular complexity index is 518. The van der Waals surface area contributed by atoms with Gasteiger partial charge in [-0.25, -0.2) is 0 Å². The van der Waals surface area contributed by atoms with Crippen molar-refractivity contribution in [2.24, 2.45) is 5.92 Å². The number of nitrogen functional groups attached to an aromatic ring is 1. The lowest BCUT2D eigenvalue weighted by atomic mass is 9.99. The van der Waals surface area contributed by atoms with Crippen LogP contribution in [-0.4, -0.2) is 43.7 Å². The topological polar surface area (TPSA) is 41.7 Å². The number of nitrogens with two attached hydrogens (primary N) is 1. The van der Waals surface area contributed by atoms with Gasteiger partial charge in [-0.2, -0.15) is 0 Å². The zero-order valence-electron chi connectivity index (χ0n) is 15.3. The van der Waals surface area contributed by atoms with E-state index in [1.165, 1.54) is 50.9 Å². The van der Waals surface area contributed by atoms with Crippen molar-refractivity contribution in [1.82, 2.24) is 4.90 Å². The maximum atomic E-state index is 6.07. The average molecular weight is 332 g/mol. The van der Waals surface area contributed by atoms with E-state index in [9.17, 15) is 0 Å². The number of likely N-dealkylation sites (tertiary alicyclic amines) is 1. The van der Waals surface area contributed by atoms with Gasteiger partial charge >= 0.3 is 0 Å². The lowest BCUT2D eigenvalue weighted by Gasteiger charge is -2.41. The van der Waals surface area contributed by atoms with Crippen LogP contribution < -0.4 is 15.4 Å². The SMILES string of the molecule is CC(C)COc1cc(N2CCC(N3CCCCC3)CC2)ccc1N. The Balaban J connectivity index is 1.58. The molecule has 0 unspecified atom stereocenters. The van der Waals surface area contributed by atoms with Crippen molar-refractivity contribution >= 4 is 11.4 Å². The highest BCUT2D eigenvalue weighted by molar-refractivity contribution is 5.62. The smallest absolute Gasteiger partial charge is 0.144 e. The van der Waals surface area contributed by atoms with E-state index in [4.69, 9.17) is 10.5 Å². The lowest BCUT2D eigenvalue weighted by Crippen LogP contribution is -2.46. The van der Waals surface area contributed by atoms with Crippen molar-refractivity contribution < 1.29 is 4.74 Å². The number of benzene rings is 1. The molecule has 2 saturated heterocycles. The molecule has 2 aliphatic rings. The van der Waals surface area contributed by atoms with Gasteiger partial charge in [-0.1, -0.05) is 20.3 Å². The highest BCUT2D eigenvalue weighted by atomic mass is 16.5. The number of nitrogens with zero attached hydrogens (tertiary/aromatic N) is 2. The molecule has 2 fully saturated rings. The monoisotopic (exact) mass is 331 g/mol. The Morgan fingerprint density at radius 1 is 1.08 bits per heavy atom. The Morgan fingerprint density at radius 3 is 2.46 bits per heavy atom. The number of hydrogen-bond acceptors (Lipinski definition) is 4. The van der Waals surface area contributed by atoms with Crippen molar-refractivity contribution in [3.8, 4) is 5.75 Å². The predicted octanol–water partition coefficient (Wildman–Crippen LogP) is 3.76. The van der Waals surface area contributed by atoms with Crippen LogP contribution in [0.5, 0.6) is 5.75 Å². The van der Waals surface area contributed by atoms with Crippen molar-refractivity contribution in [1.29, 1.82) is 0 Å². The Hall–Kier alpha value is -1.42. The molecule has 0 bridgehead atoms. The summed E-state index contributed by atoms with van der Waals surface area (Å²) in [6.07, 6.45) is 6.72. The van der Waals surface area contributed by atoms with E-state index in [0.717, 1.165) is 30.6 Å². The lowest BCUT2D eigenvalue weighted by molar-refractivity contribution is 0.141. The molecular weight excluding hydrogens is 298 g/mol. The van der Waals surface area contributed by atoms with Crippen molar-refractivity contribution in [2.45, 2.75) is 52.0 Å². The van der Waals surface area contributed by atoms with Gasteiger partial charge < -0.3 is 20.3 Å². The van der Waals surface area contributed by atoms with E-state index >= 15 is 0 Å². The van der Waals surface area contributed by atoms with Crippen LogP contribution in [0.15, 0.2) is 18.2 Å². The molecule has 0 aliphatic carbocycles. The fourth-order valence-electron chi connectivity index (χ4n) is 3.87. The highest BCUT2D eigenvalue weighted by Crippen LogP contribution is 2.31. The molecule has 134 valence electrons. The molecule has 1 aromatic rings. The van der Waals surface area contributed by atoms with Crippen molar-refractivity contribution in [2.75, 3.05) is 43.4 Å². The molecule has 2 aliphatic heterocycles. The van der Waals surface area contributed by atoms with Gasteiger partial charge in [0.25, 0.3) is 0 Å². The zero-order chi connectivity index (χ0) is 16.9. The molecule has 0 atom stereocenters. The normalized spacial score (nSPS) is 20.5. The van der Waals surface area contributed by atoms with Gasteiger partial charge in [0.15, 0.2) is 0 Å². The van der Waals surface area contributed by atoms with E-state index in [-0.39, 0.29) is 0 Å². The summed E-state index contributed by atoms with van der Waals surface area (Å²) >= 11 is 0. The molecule has 0 spiro atoms. The van der Waals surface area contributed by atoms with Crippen LogP contribution in [0, 0.1) is 5.92 Å².